The van der Waals surface area contributed by atoms with E-state index in [1.807, 2.05) is 18.2 Å². The van der Waals surface area contributed by atoms with Crippen LogP contribution in [0.2, 0.25) is 0 Å². The predicted octanol–water partition coefficient (Wildman–Crippen LogP) is 2.61. The van der Waals surface area contributed by atoms with Gasteiger partial charge in [-0.1, -0.05) is 18.2 Å². The first-order valence-corrected chi connectivity index (χ1v) is 6.45. The van der Waals surface area contributed by atoms with Crippen LogP contribution in [0.25, 0.3) is 22.3 Å². The van der Waals surface area contributed by atoms with Crippen molar-refractivity contribution in [1.29, 1.82) is 0 Å². The lowest BCUT2D eigenvalue weighted by Gasteiger charge is -2.12. The second kappa shape index (κ2) is 5.28. The van der Waals surface area contributed by atoms with Crippen LogP contribution in [0.4, 0.5) is 0 Å². The first-order chi connectivity index (χ1) is 10.2. The average molecular weight is 282 g/mol. The zero-order chi connectivity index (χ0) is 14.8. The van der Waals surface area contributed by atoms with E-state index in [1.165, 1.54) is 0 Å². The van der Waals surface area contributed by atoms with Crippen molar-refractivity contribution in [1.82, 2.24) is 9.97 Å². The fourth-order valence-corrected chi connectivity index (χ4v) is 2.29. The van der Waals surface area contributed by atoms with Gasteiger partial charge in [0, 0.05) is 0 Å². The van der Waals surface area contributed by atoms with Crippen LogP contribution >= 0.6 is 0 Å². The summed E-state index contributed by atoms with van der Waals surface area (Å²) in [5.41, 5.74) is 1.07. The average Bonchev–Trinajstić information content (AvgIpc) is 2.54. The lowest BCUT2D eigenvalue weighted by molar-refractivity contribution is 0.397. The summed E-state index contributed by atoms with van der Waals surface area (Å²) in [6, 6.07) is 12.6. The molecule has 0 spiro atoms. The highest BCUT2D eigenvalue weighted by molar-refractivity contribution is 5.81. The smallest absolute Gasteiger partial charge is 0.259 e. The van der Waals surface area contributed by atoms with E-state index >= 15 is 0 Å². The van der Waals surface area contributed by atoms with Gasteiger partial charge in [-0.3, -0.25) is 4.79 Å². The fraction of sp³-hybridized carbons (Fsp3) is 0.125. The third-order valence-corrected chi connectivity index (χ3v) is 3.28. The van der Waals surface area contributed by atoms with E-state index in [2.05, 4.69) is 9.97 Å². The maximum atomic E-state index is 12.2. The van der Waals surface area contributed by atoms with E-state index < -0.39 is 0 Å². The van der Waals surface area contributed by atoms with E-state index in [0.29, 0.717) is 33.8 Å². The molecule has 0 bridgehead atoms. The fourth-order valence-electron chi connectivity index (χ4n) is 2.29. The monoisotopic (exact) mass is 282 g/mol. The summed E-state index contributed by atoms with van der Waals surface area (Å²) in [4.78, 5) is 19.5. The van der Waals surface area contributed by atoms with Crippen molar-refractivity contribution >= 4 is 10.9 Å². The minimum Gasteiger partial charge on any atom is -0.496 e. The van der Waals surface area contributed by atoms with E-state index in [4.69, 9.17) is 9.47 Å². The lowest BCUT2D eigenvalue weighted by Crippen LogP contribution is -2.10. The second-order valence-corrected chi connectivity index (χ2v) is 4.47. The molecule has 5 nitrogen and oxygen atoms in total. The number of benzene rings is 2. The number of hydrogen-bond acceptors (Lipinski definition) is 4. The van der Waals surface area contributed by atoms with Gasteiger partial charge in [0.2, 0.25) is 0 Å². The first-order valence-electron chi connectivity index (χ1n) is 6.45. The molecule has 3 aromatic rings. The van der Waals surface area contributed by atoms with Gasteiger partial charge in [0.25, 0.3) is 5.56 Å². The molecule has 1 N–H and O–H groups in total. The summed E-state index contributed by atoms with van der Waals surface area (Å²) < 4.78 is 10.7. The van der Waals surface area contributed by atoms with Gasteiger partial charge in [-0.05, 0) is 24.3 Å². The Morgan fingerprint density at radius 3 is 2.29 bits per heavy atom. The highest BCUT2D eigenvalue weighted by Gasteiger charge is 2.15. The summed E-state index contributed by atoms with van der Waals surface area (Å²) >= 11 is 0. The summed E-state index contributed by atoms with van der Waals surface area (Å²) in [6.07, 6.45) is 0. The molecule has 21 heavy (non-hydrogen) atoms. The van der Waals surface area contributed by atoms with E-state index in [1.54, 1.807) is 38.5 Å². The van der Waals surface area contributed by atoms with Crippen molar-refractivity contribution < 1.29 is 9.47 Å². The third kappa shape index (κ3) is 2.23. The van der Waals surface area contributed by atoms with Crippen LogP contribution in [-0.2, 0) is 0 Å². The number of hydrogen-bond donors (Lipinski definition) is 1. The van der Waals surface area contributed by atoms with Crippen LogP contribution in [-0.4, -0.2) is 24.2 Å². The highest BCUT2D eigenvalue weighted by atomic mass is 16.5. The molecule has 2 aromatic carbocycles. The number of para-hydroxylation sites is 1. The van der Waals surface area contributed by atoms with Gasteiger partial charge < -0.3 is 14.5 Å². The van der Waals surface area contributed by atoms with Gasteiger partial charge in [0.05, 0.1) is 25.1 Å². The molecule has 0 radical (unpaired) electrons. The van der Waals surface area contributed by atoms with Crippen molar-refractivity contribution in [3.05, 3.63) is 52.8 Å². The Kier molecular flexibility index (Phi) is 3.31. The number of aromatic nitrogens is 2. The van der Waals surface area contributed by atoms with E-state index in [9.17, 15) is 4.79 Å². The molecule has 0 unspecified atom stereocenters. The van der Waals surface area contributed by atoms with Gasteiger partial charge in [0.15, 0.2) is 0 Å². The van der Waals surface area contributed by atoms with Gasteiger partial charge >= 0.3 is 0 Å². The molecule has 0 saturated carbocycles. The Hall–Kier alpha value is -2.82. The van der Waals surface area contributed by atoms with Crippen LogP contribution in [0.15, 0.2) is 47.3 Å². The molecule has 5 heteroatoms. The van der Waals surface area contributed by atoms with E-state index in [-0.39, 0.29) is 5.56 Å². The van der Waals surface area contributed by atoms with Crippen molar-refractivity contribution in [2.75, 3.05) is 14.2 Å². The van der Waals surface area contributed by atoms with Crippen LogP contribution in [0.1, 0.15) is 0 Å². The van der Waals surface area contributed by atoms with Crippen LogP contribution in [0.3, 0.4) is 0 Å². The van der Waals surface area contributed by atoms with Gasteiger partial charge in [0.1, 0.15) is 22.9 Å². The maximum Gasteiger partial charge on any atom is 0.259 e. The Morgan fingerprint density at radius 2 is 1.62 bits per heavy atom. The quantitative estimate of drug-likeness (QED) is 0.802. The lowest BCUT2D eigenvalue weighted by atomic mass is 10.1. The zero-order valence-corrected chi connectivity index (χ0v) is 11.7. The van der Waals surface area contributed by atoms with Crippen molar-refractivity contribution in [3.63, 3.8) is 0 Å². The van der Waals surface area contributed by atoms with Gasteiger partial charge in [-0.2, -0.15) is 0 Å². The number of nitrogens with one attached hydrogen (secondary N) is 1. The molecule has 106 valence electrons. The molecular weight excluding hydrogens is 268 g/mol. The molecule has 0 saturated heterocycles. The minimum atomic E-state index is -0.191. The first kappa shape index (κ1) is 13.2. The summed E-state index contributed by atoms with van der Waals surface area (Å²) in [6.45, 7) is 0. The number of methoxy groups -OCH3 is 2. The normalized spacial score (nSPS) is 10.6. The van der Waals surface area contributed by atoms with Gasteiger partial charge in [-0.15, -0.1) is 0 Å². The number of rotatable bonds is 3. The zero-order valence-electron chi connectivity index (χ0n) is 11.7. The Morgan fingerprint density at radius 1 is 0.952 bits per heavy atom. The molecule has 0 fully saturated rings. The Labute approximate surface area is 121 Å². The topological polar surface area (TPSA) is 64.2 Å². The molecule has 1 aromatic heterocycles. The highest BCUT2D eigenvalue weighted by Crippen LogP contribution is 2.36. The number of ether oxygens (including phenoxy) is 2. The van der Waals surface area contributed by atoms with E-state index in [0.717, 1.165) is 0 Å². The summed E-state index contributed by atoms with van der Waals surface area (Å²) in [5.74, 6) is 1.61. The number of fused-ring (bicyclic) bond motifs is 1. The minimum absolute atomic E-state index is 0.191. The van der Waals surface area contributed by atoms with Crippen LogP contribution in [0.5, 0.6) is 11.5 Å². The molecule has 0 atom stereocenters. The largest absolute Gasteiger partial charge is 0.496 e. The van der Waals surface area contributed by atoms with Crippen molar-refractivity contribution in [3.8, 4) is 22.9 Å². The number of nitrogens with zero attached hydrogens (tertiary/aromatic N) is 1. The van der Waals surface area contributed by atoms with Crippen molar-refractivity contribution in [2.24, 2.45) is 0 Å². The number of H-pyrrole nitrogens is 1. The molecule has 0 amide bonds. The third-order valence-electron chi connectivity index (χ3n) is 3.28. The molecule has 0 aliphatic rings. The predicted molar refractivity (Wildman–Crippen MR) is 80.9 cm³/mol. The molecule has 3 rings (SSSR count). The van der Waals surface area contributed by atoms with Crippen LogP contribution < -0.4 is 15.0 Å². The summed E-state index contributed by atoms with van der Waals surface area (Å²) in [7, 11) is 3.13. The second-order valence-electron chi connectivity index (χ2n) is 4.47. The number of aromatic amines is 1. The molecule has 0 aliphatic heterocycles. The van der Waals surface area contributed by atoms with Gasteiger partial charge in [-0.25, -0.2) is 4.98 Å². The Bertz CT molecular complexity index is 833. The van der Waals surface area contributed by atoms with Crippen molar-refractivity contribution in [2.45, 2.75) is 0 Å². The summed E-state index contributed by atoms with van der Waals surface area (Å²) in [5, 5.41) is 0.551. The SMILES string of the molecule is COc1cccc(OC)c1-c1nc2ccccc2c(=O)[nH]1. The molecule has 1 heterocycles. The molecule has 0 aliphatic carbocycles. The maximum absolute atomic E-state index is 12.2. The standard InChI is InChI=1S/C16H14N2O3/c1-20-12-8-5-9-13(21-2)14(12)15-17-11-7-4-3-6-10(11)16(19)18-15/h3-9H,1-2H3,(H,17,18,19). The molecular formula is C16H14N2O3. The Balaban J connectivity index is 2.33. The van der Waals surface area contributed by atoms with Crippen LogP contribution in [0, 0.1) is 0 Å².